The van der Waals surface area contributed by atoms with Crippen molar-refractivity contribution in [2.75, 3.05) is 7.05 Å². The molecule has 3 aromatic carbocycles. The van der Waals surface area contributed by atoms with Crippen LogP contribution in [0.2, 0.25) is 0 Å². The van der Waals surface area contributed by atoms with E-state index in [9.17, 15) is 0 Å². The Morgan fingerprint density at radius 3 is 1.90 bits per heavy atom. The summed E-state index contributed by atoms with van der Waals surface area (Å²) in [6.45, 7) is 0.885. The molecule has 2 heteroatoms. The number of hydrogen-bond acceptors (Lipinski definition) is 2. The average molecular weight is 379 g/mol. The zero-order valence-corrected chi connectivity index (χ0v) is 16.8. The molecule has 1 aromatic heterocycles. The lowest BCUT2D eigenvalue weighted by molar-refractivity contribution is 0.230. The first-order chi connectivity index (χ1) is 14.3. The zero-order chi connectivity index (χ0) is 19.9. The summed E-state index contributed by atoms with van der Waals surface area (Å²) in [6, 6.07) is 38.3. The first kappa shape index (κ1) is 19.1. The monoisotopic (exact) mass is 378 g/mol. The lowest BCUT2D eigenvalue weighted by atomic mass is 10.00. The molecule has 1 heterocycles. The minimum Gasteiger partial charge on any atom is -0.293 e. The van der Waals surface area contributed by atoms with Crippen molar-refractivity contribution in [1.29, 1.82) is 0 Å². The molecule has 0 amide bonds. The van der Waals surface area contributed by atoms with E-state index in [0.29, 0.717) is 0 Å². The molecule has 0 aliphatic carbocycles. The fourth-order valence-corrected chi connectivity index (χ4v) is 3.71. The maximum Gasteiger partial charge on any atom is 0.0706 e. The summed E-state index contributed by atoms with van der Waals surface area (Å²) in [5.74, 6) is 0. The molecule has 1 atom stereocenters. The normalized spacial score (nSPS) is 12.1. The summed E-state index contributed by atoms with van der Waals surface area (Å²) in [5.41, 5.74) is 5.91. The Morgan fingerprint density at radius 2 is 1.24 bits per heavy atom. The van der Waals surface area contributed by atoms with Crippen molar-refractivity contribution < 1.29 is 0 Å². The van der Waals surface area contributed by atoms with E-state index in [1.54, 1.807) is 0 Å². The van der Waals surface area contributed by atoms with E-state index >= 15 is 0 Å². The van der Waals surface area contributed by atoms with Crippen LogP contribution in [0.25, 0.3) is 11.3 Å². The molecule has 4 aromatic rings. The summed E-state index contributed by atoms with van der Waals surface area (Å²) >= 11 is 0. The molecule has 144 valence electrons. The van der Waals surface area contributed by atoms with Gasteiger partial charge in [0.2, 0.25) is 0 Å². The topological polar surface area (TPSA) is 16.1 Å². The predicted molar refractivity (Wildman–Crippen MR) is 120 cm³/mol. The van der Waals surface area contributed by atoms with Crippen molar-refractivity contribution in [2.45, 2.75) is 19.0 Å². The second-order valence-corrected chi connectivity index (χ2v) is 7.42. The smallest absolute Gasteiger partial charge is 0.0706 e. The number of pyridine rings is 1. The molecule has 0 radical (unpaired) electrons. The number of benzene rings is 3. The first-order valence-electron chi connectivity index (χ1n) is 10.1. The van der Waals surface area contributed by atoms with Crippen LogP contribution in [0.4, 0.5) is 0 Å². The van der Waals surface area contributed by atoms with Crippen molar-refractivity contribution in [3.63, 3.8) is 0 Å². The van der Waals surface area contributed by atoms with Gasteiger partial charge in [0.25, 0.3) is 0 Å². The molecule has 0 saturated heterocycles. The van der Waals surface area contributed by atoms with Crippen LogP contribution >= 0.6 is 0 Å². The van der Waals surface area contributed by atoms with Gasteiger partial charge in [0, 0.05) is 12.1 Å². The molecule has 0 saturated carbocycles. The number of rotatable bonds is 7. The summed E-state index contributed by atoms with van der Waals surface area (Å²) in [5, 5.41) is 0. The van der Waals surface area contributed by atoms with Crippen LogP contribution in [0.1, 0.15) is 22.9 Å². The van der Waals surface area contributed by atoms with Crippen molar-refractivity contribution in [2.24, 2.45) is 0 Å². The Hall–Kier alpha value is -3.23. The molecular weight excluding hydrogens is 352 g/mol. The van der Waals surface area contributed by atoms with Gasteiger partial charge in [-0.15, -0.1) is 0 Å². The Bertz CT molecular complexity index is 1010. The highest BCUT2D eigenvalue weighted by Crippen LogP contribution is 2.27. The quantitative estimate of drug-likeness (QED) is 0.383. The molecule has 0 bridgehead atoms. The lowest BCUT2D eigenvalue weighted by Crippen LogP contribution is -2.27. The Kier molecular flexibility index (Phi) is 6.13. The van der Waals surface area contributed by atoms with Crippen molar-refractivity contribution in [3.05, 3.63) is 126 Å². The highest BCUT2D eigenvalue weighted by atomic mass is 15.1. The van der Waals surface area contributed by atoms with Crippen LogP contribution < -0.4 is 0 Å². The van der Waals surface area contributed by atoms with Gasteiger partial charge in [-0.25, -0.2) is 0 Å². The van der Waals surface area contributed by atoms with Crippen LogP contribution in [0.15, 0.2) is 109 Å². The fourth-order valence-electron chi connectivity index (χ4n) is 3.71. The van der Waals surface area contributed by atoms with E-state index in [2.05, 4.69) is 115 Å². The summed E-state index contributed by atoms with van der Waals surface area (Å²) in [4.78, 5) is 7.46. The molecule has 1 unspecified atom stereocenters. The summed E-state index contributed by atoms with van der Waals surface area (Å²) < 4.78 is 0. The van der Waals surface area contributed by atoms with Crippen molar-refractivity contribution >= 4 is 0 Å². The maximum atomic E-state index is 5.06. The first-order valence-corrected chi connectivity index (χ1v) is 10.1. The van der Waals surface area contributed by atoms with E-state index in [0.717, 1.165) is 29.9 Å². The highest BCUT2D eigenvalue weighted by molar-refractivity contribution is 5.58. The van der Waals surface area contributed by atoms with Gasteiger partial charge < -0.3 is 0 Å². The van der Waals surface area contributed by atoms with Gasteiger partial charge in [-0.05, 0) is 36.7 Å². The Labute approximate surface area is 173 Å². The minimum absolute atomic E-state index is 0.196. The van der Waals surface area contributed by atoms with Gasteiger partial charge in [-0.3, -0.25) is 9.88 Å². The molecule has 0 aliphatic rings. The number of aromatic nitrogens is 1. The average Bonchev–Trinajstić information content (AvgIpc) is 2.79. The van der Waals surface area contributed by atoms with Crippen LogP contribution in [0.5, 0.6) is 0 Å². The largest absolute Gasteiger partial charge is 0.293 e. The van der Waals surface area contributed by atoms with Crippen LogP contribution in [-0.2, 0) is 13.0 Å². The molecule has 0 aliphatic heterocycles. The Morgan fingerprint density at radius 1 is 0.655 bits per heavy atom. The number of likely N-dealkylation sites (N-methyl/N-ethyl adjacent to an activating group) is 1. The number of nitrogens with zero attached hydrogens (tertiary/aromatic N) is 2. The van der Waals surface area contributed by atoms with Gasteiger partial charge >= 0.3 is 0 Å². The molecule has 2 nitrogen and oxygen atoms in total. The second-order valence-electron chi connectivity index (χ2n) is 7.42. The van der Waals surface area contributed by atoms with Crippen molar-refractivity contribution in [3.8, 4) is 11.3 Å². The van der Waals surface area contributed by atoms with E-state index < -0.39 is 0 Å². The van der Waals surface area contributed by atoms with Gasteiger partial charge in [0.1, 0.15) is 0 Å². The molecule has 0 N–H and O–H groups in total. The second kappa shape index (κ2) is 9.31. The van der Waals surface area contributed by atoms with E-state index in [1.165, 1.54) is 11.1 Å². The van der Waals surface area contributed by atoms with Gasteiger partial charge in [0.15, 0.2) is 0 Å². The van der Waals surface area contributed by atoms with Crippen LogP contribution in [0, 0.1) is 0 Å². The number of hydrogen-bond donors (Lipinski definition) is 0. The molecule has 29 heavy (non-hydrogen) atoms. The van der Waals surface area contributed by atoms with Gasteiger partial charge in [0.05, 0.1) is 17.4 Å². The predicted octanol–water partition coefficient (Wildman–Crippen LogP) is 6.16. The third-order valence-electron chi connectivity index (χ3n) is 5.26. The van der Waals surface area contributed by atoms with E-state index in [-0.39, 0.29) is 6.04 Å². The third-order valence-corrected chi connectivity index (χ3v) is 5.26. The molecule has 0 spiro atoms. The summed E-state index contributed by atoms with van der Waals surface area (Å²) in [7, 11) is 2.19. The van der Waals surface area contributed by atoms with Crippen molar-refractivity contribution in [1.82, 2.24) is 9.88 Å². The fraction of sp³-hybridized carbons (Fsp3) is 0.148. The van der Waals surface area contributed by atoms with Gasteiger partial charge in [-0.2, -0.15) is 0 Å². The zero-order valence-electron chi connectivity index (χ0n) is 16.8. The van der Waals surface area contributed by atoms with E-state index in [1.807, 2.05) is 6.07 Å². The van der Waals surface area contributed by atoms with E-state index in [4.69, 9.17) is 4.98 Å². The lowest BCUT2D eigenvalue weighted by Gasteiger charge is -2.28. The van der Waals surface area contributed by atoms with Crippen LogP contribution in [0.3, 0.4) is 0 Å². The Balaban J connectivity index is 1.66. The molecule has 0 fully saturated rings. The maximum absolute atomic E-state index is 5.06. The standard InChI is InChI=1S/C27H26N2/c1-29(21-23-14-7-3-8-15-23)27(20-22-12-5-2-6-13-22)26-19-11-18-25(28-26)24-16-9-4-10-17-24/h2-19,27H,20-21H2,1H3. The highest BCUT2D eigenvalue weighted by Gasteiger charge is 2.20. The molecular formula is C27H26N2. The van der Waals surface area contributed by atoms with Crippen LogP contribution in [-0.4, -0.2) is 16.9 Å². The summed E-state index contributed by atoms with van der Waals surface area (Å²) in [6.07, 6.45) is 0.926. The SMILES string of the molecule is CN(Cc1ccccc1)C(Cc1ccccc1)c1cccc(-c2ccccc2)n1. The third kappa shape index (κ3) is 4.98. The molecule has 4 rings (SSSR count). The van der Waals surface area contributed by atoms with Gasteiger partial charge in [-0.1, -0.05) is 97.1 Å². The minimum atomic E-state index is 0.196.